The standard InChI is InChI=1S/C30H28ClN3O4/c1-20(11-12-21-7-3-2-4-8-21)33-29(36)19-38-28-16-14-23(24-9-5-6-10-25(24)28)18-32-34-30(37)22-13-15-27(35)26(31)17-22/h2-10,13-18,20,35H,11-12,19H2,1H3,(H,33,36)(H,34,37)/b32-18+. The molecule has 1 unspecified atom stereocenters. The number of halogens is 1. The number of hydrogen-bond donors (Lipinski definition) is 3. The van der Waals surface area contributed by atoms with Crippen LogP contribution in [0.4, 0.5) is 0 Å². The van der Waals surface area contributed by atoms with Crippen molar-refractivity contribution >= 4 is 40.4 Å². The van der Waals surface area contributed by atoms with Crippen molar-refractivity contribution in [1.29, 1.82) is 0 Å². The van der Waals surface area contributed by atoms with E-state index < -0.39 is 5.91 Å². The Balaban J connectivity index is 1.35. The van der Waals surface area contributed by atoms with E-state index in [1.165, 1.54) is 30.0 Å². The monoisotopic (exact) mass is 529 g/mol. The van der Waals surface area contributed by atoms with Gasteiger partial charge in [-0.15, -0.1) is 0 Å². The molecule has 7 nitrogen and oxygen atoms in total. The number of hydrogen-bond acceptors (Lipinski definition) is 5. The normalized spacial score (nSPS) is 11.8. The highest BCUT2D eigenvalue weighted by Gasteiger charge is 2.12. The van der Waals surface area contributed by atoms with Crippen LogP contribution in [0.15, 0.2) is 90.0 Å². The van der Waals surface area contributed by atoms with Gasteiger partial charge in [-0.1, -0.05) is 66.2 Å². The third-order valence-corrected chi connectivity index (χ3v) is 6.28. The van der Waals surface area contributed by atoms with Gasteiger partial charge in [0.2, 0.25) is 0 Å². The Bertz CT molecular complexity index is 1460. The number of aromatic hydroxyl groups is 1. The van der Waals surface area contributed by atoms with Crippen molar-refractivity contribution in [2.75, 3.05) is 6.61 Å². The molecule has 4 aromatic rings. The van der Waals surface area contributed by atoms with Gasteiger partial charge in [-0.2, -0.15) is 5.10 Å². The van der Waals surface area contributed by atoms with E-state index in [4.69, 9.17) is 16.3 Å². The maximum atomic E-state index is 12.5. The third-order valence-electron chi connectivity index (χ3n) is 5.97. The molecule has 0 saturated carbocycles. The van der Waals surface area contributed by atoms with Crippen molar-refractivity contribution in [1.82, 2.24) is 10.7 Å². The van der Waals surface area contributed by atoms with Gasteiger partial charge in [-0.05, 0) is 61.0 Å². The van der Waals surface area contributed by atoms with Crippen LogP contribution >= 0.6 is 11.6 Å². The highest BCUT2D eigenvalue weighted by molar-refractivity contribution is 6.32. The lowest BCUT2D eigenvalue weighted by Crippen LogP contribution is -2.36. The first-order valence-electron chi connectivity index (χ1n) is 12.2. The van der Waals surface area contributed by atoms with Crippen LogP contribution in [0.1, 0.15) is 34.8 Å². The number of nitrogens with one attached hydrogen (secondary N) is 2. The molecule has 4 rings (SSSR count). The lowest BCUT2D eigenvalue weighted by molar-refractivity contribution is -0.123. The van der Waals surface area contributed by atoms with E-state index in [-0.39, 0.29) is 34.9 Å². The minimum absolute atomic E-state index is 0.0226. The molecule has 0 saturated heterocycles. The first-order valence-corrected chi connectivity index (χ1v) is 12.6. The number of carbonyl (C=O) groups is 2. The largest absolute Gasteiger partial charge is 0.506 e. The number of phenols is 1. The van der Waals surface area contributed by atoms with Crippen LogP contribution in [0.25, 0.3) is 10.8 Å². The van der Waals surface area contributed by atoms with E-state index >= 15 is 0 Å². The summed E-state index contributed by atoms with van der Waals surface area (Å²) >= 11 is 5.87. The van der Waals surface area contributed by atoms with E-state index in [2.05, 4.69) is 28.0 Å². The van der Waals surface area contributed by atoms with Gasteiger partial charge in [0.05, 0.1) is 11.2 Å². The highest BCUT2D eigenvalue weighted by Crippen LogP contribution is 2.28. The molecule has 0 aromatic heterocycles. The van der Waals surface area contributed by atoms with E-state index in [9.17, 15) is 14.7 Å². The molecular formula is C30H28ClN3O4. The Kier molecular flexibility index (Phi) is 8.95. The lowest BCUT2D eigenvalue weighted by atomic mass is 10.0. The summed E-state index contributed by atoms with van der Waals surface area (Å²) in [5, 5.41) is 18.3. The second-order valence-corrected chi connectivity index (χ2v) is 9.25. The predicted octanol–water partition coefficient (Wildman–Crippen LogP) is 5.48. The Morgan fingerprint density at radius 1 is 1.00 bits per heavy atom. The Hall–Kier alpha value is -4.36. The van der Waals surface area contributed by atoms with Crippen molar-refractivity contribution in [2.45, 2.75) is 25.8 Å². The number of amides is 2. The van der Waals surface area contributed by atoms with Crippen LogP contribution in [-0.2, 0) is 11.2 Å². The molecule has 0 aliphatic rings. The molecular weight excluding hydrogens is 502 g/mol. The van der Waals surface area contributed by atoms with Crippen molar-refractivity contribution in [3.8, 4) is 11.5 Å². The van der Waals surface area contributed by atoms with Gasteiger partial charge in [-0.3, -0.25) is 9.59 Å². The number of ether oxygens (including phenoxy) is 1. The van der Waals surface area contributed by atoms with Crippen molar-refractivity contribution in [3.63, 3.8) is 0 Å². The van der Waals surface area contributed by atoms with Crippen molar-refractivity contribution in [3.05, 3.63) is 107 Å². The fraction of sp³-hybridized carbons (Fsp3) is 0.167. The Morgan fingerprint density at radius 2 is 1.74 bits per heavy atom. The van der Waals surface area contributed by atoms with Gasteiger partial charge < -0.3 is 15.2 Å². The van der Waals surface area contributed by atoms with Gasteiger partial charge in [0.15, 0.2) is 6.61 Å². The second kappa shape index (κ2) is 12.7. The highest BCUT2D eigenvalue weighted by atomic mass is 35.5. The molecule has 0 fully saturated rings. The van der Waals surface area contributed by atoms with Gasteiger partial charge in [0.1, 0.15) is 11.5 Å². The summed E-state index contributed by atoms with van der Waals surface area (Å²) in [7, 11) is 0. The molecule has 0 bridgehead atoms. The molecule has 4 aromatic carbocycles. The van der Waals surface area contributed by atoms with E-state index in [1.807, 2.05) is 55.5 Å². The number of rotatable bonds is 10. The fourth-order valence-corrected chi connectivity index (χ4v) is 4.15. The zero-order valence-corrected chi connectivity index (χ0v) is 21.6. The van der Waals surface area contributed by atoms with Gasteiger partial charge >= 0.3 is 0 Å². The van der Waals surface area contributed by atoms with E-state index in [0.29, 0.717) is 5.75 Å². The average Bonchev–Trinajstić information content (AvgIpc) is 2.93. The molecule has 0 aliphatic heterocycles. The summed E-state index contributed by atoms with van der Waals surface area (Å²) in [6.45, 7) is 1.89. The number of aryl methyl sites for hydroxylation is 1. The minimum atomic E-state index is -0.462. The summed E-state index contributed by atoms with van der Waals surface area (Å²) in [6.07, 6.45) is 3.26. The smallest absolute Gasteiger partial charge is 0.271 e. The molecule has 0 aliphatic carbocycles. The number of phenolic OH excluding ortho intramolecular Hbond substituents is 1. The van der Waals surface area contributed by atoms with E-state index in [1.54, 1.807) is 6.07 Å². The summed E-state index contributed by atoms with van der Waals surface area (Å²) < 4.78 is 5.86. The van der Waals surface area contributed by atoms with Crippen molar-refractivity contribution in [2.24, 2.45) is 5.10 Å². The summed E-state index contributed by atoms with van der Waals surface area (Å²) in [4.78, 5) is 24.8. The molecule has 2 amide bonds. The lowest BCUT2D eigenvalue weighted by Gasteiger charge is -2.15. The predicted molar refractivity (Wildman–Crippen MR) is 150 cm³/mol. The number of carbonyl (C=O) groups excluding carboxylic acids is 2. The molecule has 8 heteroatoms. The first-order chi connectivity index (χ1) is 18.4. The minimum Gasteiger partial charge on any atom is -0.506 e. The van der Waals surface area contributed by atoms with Crippen LogP contribution in [-0.4, -0.2) is 35.8 Å². The average molecular weight is 530 g/mol. The van der Waals surface area contributed by atoms with Crippen LogP contribution in [0.3, 0.4) is 0 Å². The molecule has 3 N–H and O–H groups in total. The van der Waals surface area contributed by atoms with Gasteiger partial charge in [0.25, 0.3) is 11.8 Å². The van der Waals surface area contributed by atoms with Gasteiger partial charge in [0, 0.05) is 22.6 Å². The summed E-state index contributed by atoms with van der Waals surface area (Å²) in [5.74, 6) is -0.170. The van der Waals surface area contributed by atoms with Crippen LogP contribution in [0.2, 0.25) is 5.02 Å². The molecule has 1 atom stereocenters. The molecule has 0 radical (unpaired) electrons. The van der Waals surface area contributed by atoms with Crippen molar-refractivity contribution < 1.29 is 19.4 Å². The zero-order valence-electron chi connectivity index (χ0n) is 20.9. The number of hydrazone groups is 1. The SMILES string of the molecule is CC(CCc1ccccc1)NC(=O)COc1ccc(/C=N/NC(=O)c2ccc(O)c(Cl)c2)c2ccccc12. The maximum absolute atomic E-state index is 12.5. The first kappa shape index (κ1) is 26.7. The molecule has 0 spiro atoms. The van der Waals surface area contributed by atoms with Crippen LogP contribution < -0.4 is 15.5 Å². The fourth-order valence-electron chi connectivity index (χ4n) is 3.97. The topological polar surface area (TPSA) is 100 Å². The zero-order chi connectivity index (χ0) is 26.9. The summed E-state index contributed by atoms with van der Waals surface area (Å²) in [5.41, 5.74) is 4.73. The quantitative estimate of drug-likeness (QED) is 0.187. The van der Waals surface area contributed by atoms with Crippen LogP contribution in [0, 0.1) is 0 Å². The summed E-state index contributed by atoms with van der Waals surface area (Å²) in [6, 6.07) is 25.5. The van der Waals surface area contributed by atoms with E-state index in [0.717, 1.165) is 29.2 Å². The third kappa shape index (κ3) is 7.11. The Labute approximate surface area is 226 Å². The molecule has 194 valence electrons. The number of benzene rings is 4. The number of fused-ring (bicyclic) bond motifs is 1. The van der Waals surface area contributed by atoms with Crippen LogP contribution in [0.5, 0.6) is 11.5 Å². The molecule has 38 heavy (non-hydrogen) atoms. The maximum Gasteiger partial charge on any atom is 0.271 e. The molecule has 0 heterocycles. The van der Waals surface area contributed by atoms with Gasteiger partial charge in [-0.25, -0.2) is 5.43 Å². The second-order valence-electron chi connectivity index (χ2n) is 8.85. The Morgan fingerprint density at radius 3 is 2.50 bits per heavy atom. The number of nitrogens with zero attached hydrogens (tertiary/aromatic N) is 1.